The third-order valence-corrected chi connectivity index (χ3v) is 8.71. The molecule has 33 heavy (non-hydrogen) atoms. The largest absolute Gasteiger partial charge is 0.293 e. The topological polar surface area (TPSA) is 151 Å². The second-order valence-corrected chi connectivity index (χ2v) is 11.2. The Labute approximate surface area is 189 Å². The number of nitriles is 1. The van der Waals surface area contributed by atoms with Gasteiger partial charge in [-0.3, -0.25) is 14.8 Å². The van der Waals surface area contributed by atoms with E-state index in [9.17, 15) is 18.5 Å². The molecular formula is C20H21N9O3S. The molecule has 13 heteroatoms. The van der Waals surface area contributed by atoms with Gasteiger partial charge in [-0.25, -0.2) is 13.4 Å². The molecule has 2 aliphatic carbocycles. The van der Waals surface area contributed by atoms with E-state index < -0.39 is 15.6 Å². The van der Waals surface area contributed by atoms with Gasteiger partial charge < -0.3 is 0 Å². The molecule has 1 aliphatic heterocycles. The first-order chi connectivity index (χ1) is 15.9. The van der Waals surface area contributed by atoms with Crippen LogP contribution in [0.15, 0.2) is 24.7 Å². The van der Waals surface area contributed by atoms with Crippen LogP contribution in [0, 0.1) is 17.2 Å². The van der Waals surface area contributed by atoms with Gasteiger partial charge >= 0.3 is 0 Å². The van der Waals surface area contributed by atoms with Crippen LogP contribution in [0.3, 0.4) is 0 Å². The number of carbonyl (C=O) groups excluding carboxylic acids is 1. The van der Waals surface area contributed by atoms with E-state index >= 15 is 0 Å². The van der Waals surface area contributed by atoms with Crippen molar-refractivity contribution in [3.8, 4) is 17.5 Å². The molecule has 12 nitrogen and oxygen atoms in total. The molecule has 0 aromatic carbocycles. The first kappa shape index (κ1) is 20.3. The zero-order valence-corrected chi connectivity index (χ0v) is 18.4. The van der Waals surface area contributed by atoms with E-state index in [2.05, 4.69) is 31.6 Å². The molecule has 0 bridgehead atoms. The summed E-state index contributed by atoms with van der Waals surface area (Å²) >= 11 is 0. The van der Waals surface area contributed by atoms with E-state index in [-0.39, 0.29) is 42.5 Å². The number of nitrogens with one attached hydrogen (secondary N) is 1. The Morgan fingerprint density at radius 1 is 1.27 bits per heavy atom. The van der Waals surface area contributed by atoms with Crippen molar-refractivity contribution in [1.29, 1.82) is 5.26 Å². The monoisotopic (exact) mass is 467 g/mol. The average Bonchev–Trinajstić information content (AvgIpc) is 3.69. The number of nitrogens with zero attached hydrogens (tertiary/aromatic N) is 8. The third kappa shape index (κ3) is 3.37. The fourth-order valence-electron chi connectivity index (χ4n) is 4.17. The smallest absolute Gasteiger partial charge is 0.249 e. The molecule has 4 heterocycles. The Kier molecular flexibility index (Phi) is 4.33. The minimum absolute atomic E-state index is 0.0366. The third-order valence-electron chi connectivity index (χ3n) is 6.42. The lowest BCUT2D eigenvalue weighted by Crippen LogP contribution is -2.64. The number of hydrogen-bond donors (Lipinski definition) is 1. The van der Waals surface area contributed by atoms with Crippen molar-refractivity contribution < 1.29 is 13.2 Å². The van der Waals surface area contributed by atoms with Crippen LogP contribution in [0.4, 0.5) is 5.95 Å². The van der Waals surface area contributed by atoms with Gasteiger partial charge in [0.05, 0.1) is 29.5 Å². The molecule has 1 saturated heterocycles. The summed E-state index contributed by atoms with van der Waals surface area (Å²) in [6.07, 6.45) is 8.28. The fourth-order valence-corrected chi connectivity index (χ4v) is 6.17. The first-order valence-electron chi connectivity index (χ1n) is 10.8. The first-order valence-corrected chi connectivity index (χ1v) is 12.3. The predicted molar refractivity (Wildman–Crippen MR) is 115 cm³/mol. The Balaban J connectivity index is 1.29. The second kappa shape index (κ2) is 7.06. The molecule has 0 radical (unpaired) electrons. The summed E-state index contributed by atoms with van der Waals surface area (Å²) in [5.74, 6) is 0.651. The highest BCUT2D eigenvalue weighted by atomic mass is 32.2. The van der Waals surface area contributed by atoms with Crippen LogP contribution in [0.2, 0.25) is 0 Å². The van der Waals surface area contributed by atoms with Crippen LogP contribution in [0.25, 0.3) is 17.0 Å². The summed E-state index contributed by atoms with van der Waals surface area (Å²) in [4.78, 5) is 20.8. The summed E-state index contributed by atoms with van der Waals surface area (Å²) in [7, 11) is -3.30. The van der Waals surface area contributed by atoms with Crippen molar-refractivity contribution in [2.45, 2.75) is 42.9 Å². The van der Waals surface area contributed by atoms with Crippen LogP contribution in [-0.2, 0) is 20.4 Å². The van der Waals surface area contributed by atoms with Gasteiger partial charge in [0.15, 0.2) is 11.5 Å². The van der Waals surface area contributed by atoms with Gasteiger partial charge in [0.2, 0.25) is 21.9 Å². The maximum absolute atomic E-state index is 12.6. The van der Waals surface area contributed by atoms with E-state index in [1.165, 1.54) is 8.82 Å². The molecule has 0 spiro atoms. The summed E-state index contributed by atoms with van der Waals surface area (Å²) in [5, 5.41) is 20.7. The van der Waals surface area contributed by atoms with Crippen LogP contribution < -0.4 is 5.32 Å². The lowest BCUT2D eigenvalue weighted by atomic mass is 9.89. The van der Waals surface area contributed by atoms with E-state index in [1.54, 1.807) is 29.3 Å². The number of carbonyl (C=O) groups is 1. The van der Waals surface area contributed by atoms with Gasteiger partial charge in [0, 0.05) is 37.5 Å². The molecule has 3 aromatic heterocycles. The summed E-state index contributed by atoms with van der Waals surface area (Å²) in [5.41, 5.74) is 0.455. The van der Waals surface area contributed by atoms with Gasteiger partial charge in [0.25, 0.3) is 0 Å². The fraction of sp³-hybridized carbons (Fsp3) is 0.500. The summed E-state index contributed by atoms with van der Waals surface area (Å²) in [6.45, 7) is 0.442. The van der Waals surface area contributed by atoms with Crippen molar-refractivity contribution in [1.82, 2.24) is 33.7 Å². The van der Waals surface area contributed by atoms with Crippen LogP contribution in [-0.4, -0.2) is 66.3 Å². The maximum atomic E-state index is 12.6. The van der Waals surface area contributed by atoms with E-state index in [1.807, 2.05) is 0 Å². The van der Waals surface area contributed by atoms with Crippen LogP contribution in [0.1, 0.15) is 32.1 Å². The maximum Gasteiger partial charge on any atom is 0.249 e. The van der Waals surface area contributed by atoms with Gasteiger partial charge in [-0.2, -0.15) is 24.2 Å². The van der Waals surface area contributed by atoms with Crippen LogP contribution >= 0.6 is 0 Å². The highest BCUT2D eigenvalue weighted by molar-refractivity contribution is 7.90. The Morgan fingerprint density at radius 2 is 2.06 bits per heavy atom. The Hall–Kier alpha value is -3.37. The van der Waals surface area contributed by atoms with Gasteiger partial charge in [0.1, 0.15) is 5.54 Å². The molecule has 170 valence electrons. The Morgan fingerprint density at radius 3 is 2.76 bits per heavy atom. The lowest BCUT2D eigenvalue weighted by Gasteiger charge is -2.48. The standard InChI is InChI=1S/C20H21N9O3S/c21-7-6-20(11-27(12-20)33(31,32)15-3-4-15)28-10-14(9-23-28)17-22-8-5-16-24-19(26-29(16)17)25-18(30)13-1-2-13/h5,8-10,13,15H,1-4,6,11-12H2,(H,25,26,30). The van der Waals surface area contributed by atoms with Gasteiger partial charge in [-0.05, 0) is 25.7 Å². The van der Waals surface area contributed by atoms with Crippen molar-refractivity contribution in [2.75, 3.05) is 18.4 Å². The van der Waals surface area contributed by atoms with Crippen molar-refractivity contribution in [3.63, 3.8) is 0 Å². The molecule has 3 fully saturated rings. The zero-order valence-electron chi connectivity index (χ0n) is 17.6. The summed E-state index contributed by atoms with van der Waals surface area (Å²) in [6, 6.07) is 3.87. The van der Waals surface area contributed by atoms with E-state index in [4.69, 9.17) is 0 Å². The number of sulfonamides is 1. The molecule has 3 aromatic rings. The van der Waals surface area contributed by atoms with E-state index in [0.29, 0.717) is 29.9 Å². The highest BCUT2D eigenvalue weighted by Gasteiger charge is 2.53. The van der Waals surface area contributed by atoms with Crippen molar-refractivity contribution in [2.24, 2.45) is 5.92 Å². The van der Waals surface area contributed by atoms with Crippen LogP contribution in [0.5, 0.6) is 0 Å². The number of aromatic nitrogens is 6. The summed E-state index contributed by atoms with van der Waals surface area (Å²) < 4.78 is 29.8. The lowest BCUT2D eigenvalue weighted by molar-refractivity contribution is -0.117. The molecular weight excluding hydrogens is 446 g/mol. The SMILES string of the molecule is N#CCC1(n2cc(-c3nccc4nc(NC(=O)C5CC5)nn34)cn2)CN(S(=O)(=O)C2CC2)C1. The molecule has 1 N–H and O–H groups in total. The number of hydrogen-bond acceptors (Lipinski definition) is 8. The molecule has 6 rings (SSSR count). The predicted octanol–water partition coefficient (Wildman–Crippen LogP) is 0.753. The Bertz CT molecular complexity index is 1410. The number of amides is 1. The highest BCUT2D eigenvalue weighted by Crippen LogP contribution is 2.40. The molecule has 0 atom stereocenters. The molecule has 2 saturated carbocycles. The van der Waals surface area contributed by atoms with E-state index in [0.717, 1.165) is 12.8 Å². The average molecular weight is 468 g/mol. The van der Waals surface area contributed by atoms with Crippen molar-refractivity contribution >= 4 is 27.5 Å². The number of rotatable bonds is 7. The van der Waals surface area contributed by atoms with Crippen molar-refractivity contribution in [3.05, 3.63) is 24.7 Å². The second-order valence-electron chi connectivity index (χ2n) is 8.98. The van der Waals surface area contributed by atoms with Gasteiger partial charge in [-0.15, -0.1) is 5.10 Å². The zero-order chi connectivity index (χ0) is 22.8. The molecule has 0 unspecified atom stereocenters. The number of fused-ring (bicyclic) bond motifs is 1. The minimum Gasteiger partial charge on any atom is -0.293 e. The normalized spacial score (nSPS) is 20.3. The molecule has 3 aliphatic rings. The quantitative estimate of drug-likeness (QED) is 0.535. The van der Waals surface area contributed by atoms with Gasteiger partial charge in [-0.1, -0.05) is 0 Å². The molecule has 1 amide bonds. The minimum atomic E-state index is -3.30. The number of anilines is 1.